The van der Waals surface area contributed by atoms with E-state index in [0.717, 1.165) is 23.4 Å². The minimum Gasteiger partial charge on any atom is -0.306 e. The number of hydrogen-bond donors (Lipinski definition) is 1. The summed E-state index contributed by atoms with van der Waals surface area (Å²) in [5.74, 6) is 0.334. The predicted octanol–water partition coefficient (Wildman–Crippen LogP) is 2.53. The van der Waals surface area contributed by atoms with Gasteiger partial charge in [0.15, 0.2) is 0 Å². The van der Waals surface area contributed by atoms with Crippen LogP contribution >= 0.6 is 0 Å². The normalized spacial score (nSPS) is 14.3. The van der Waals surface area contributed by atoms with E-state index in [4.69, 9.17) is 0 Å². The van der Waals surface area contributed by atoms with Crippen LogP contribution in [0.25, 0.3) is 11.4 Å². The Bertz CT molecular complexity index is 955. The maximum Gasteiger partial charge on any atom is 0.255 e. The van der Waals surface area contributed by atoms with Crippen LogP contribution in [0.1, 0.15) is 16.8 Å². The third-order valence-electron chi connectivity index (χ3n) is 4.40. The Hall–Kier alpha value is -2.86. The van der Waals surface area contributed by atoms with Crippen LogP contribution in [0.3, 0.4) is 0 Å². The summed E-state index contributed by atoms with van der Waals surface area (Å²) in [6, 6.07) is 10.2. The fourth-order valence-corrected chi connectivity index (χ4v) is 3.16. The molecule has 0 spiro atoms. The second-order valence-electron chi connectivity index (χ2n) is 6.17. The molecule has 1 aromatic carbocycles. The van der Waals surface area contributed by atoms with Crippen LogP contribution in [0, 0.1) is 5.82 Å². The van der Waals surface area contributed by atoms with Crippen molar-refractivity contribution < 1.29 is 4.39 Å². The SMILES string of the molecule is O=c1[nH]c(-c2ccncc2)nc2c1CN(Cc1cccc(F)c1)CC2. The maximum absolute atomic E-state index is 13.3. The Morgan fingerprint density at radius 2 is 2.04 bits per heavy atom. The van der Waals surface area contributed by atoms with E-state index in [9.17, 15) is 9.18 Å². The fourth-order valence-electron chi connectivity index (χ4n) is 3.16. The van der Waals surface area contributed by atoms with Gasteiger partial charge in [0.25, 0.3) is 5.56 Å². The van der Waals surface area contributed by atoms with Crippen molar-refractivity contribution in [3.63, 3.8) is 0 Å². The highest BCUT2D eigenvalue weighted by Crippen LogP contribution is 2.19. The van der Waals surface area contributed by atoms with Crippen molar-refractivity contribution in [2.24, 2.45) is 0 Å². The maximum atomic E-state index is 13.3. The van der Waals surface area contributed by atoms with Crippen LogP contribution in [0.15, 0.2) is 53.6 Å². The van der Waals surface area contributed by atoms with Gasteiger partial charge in [-0.1, -0.05) is 12.1 Å². The molecule has 1 N–H and O–H groups in total. The molecule has 2 aromatic heterocycles. The molecule has 0 unspecified atom stereocenters. The second kappa shape index (κ2) is 6.57. The lowest BCUT2D eigenvalue weighted by atomic mass is 10.1. The smallest absolute Gasteiger partial charge is 0.255 e. The van der Waals surface area contributed by atoms with Gasteiger partial charge in [0.1, 0.15) is 11.6 Å². The van der Waals surface area contributed by atoms with Gasteiger partial charge in [0.05, 0.1) is 11.3 Å². The number of pyridine rings is 1. The number of fused-ring (bicyclic) bond motifs is 1. The number of nitrogens with one attached hydrogen (secondary N) is 1. The van der Waals surface area contributed by atoms with Crippen LogP contribution in [0.2, 0.25) is 0 Å². The molecule has 0 saturated carbocycles. The molecule has 4 rings (SSSR count). The van der Waals surface area contributed by atoms with E-state index in [1.54, 1.807) is 18.5 Å². The minimum atomic E-state index is -0.239. The molecule has 0 radical (unpaired) electrons. The lowest BCUT2D eigenvalue weighted by Gasteiger charge is -2.27. The highest BCUT2D eigenvalue weighted by Gasteiger charge is 2.21. The molecular weight excluding hydrogens is 319 g/mol. The molecule has 0 saturated heterocycles. The van der Waals surface area contributed by atoms with Crippen LogP contribution < -0.4 is 5.56 Å². The predicted molar refractivity (Wildman–Crippen MR) is 92.3 cm³/mol. The van der Waals surface area contributed by atoms with Gasteiger partial charge < -0.3 is 4.98 Å². The van der Waals surface area contributed by atoms with Crippen LogP contribution in [-0.4, -0.2) is 26.4 Å². The molecule has 0 atom stereocenters. The number of aromatic amines is 1. The Morgan fingerprint density at radius 3 is 2.84 bits per heavy atom. The fraction of sp³-hybridized carbons (Fsp3) is 0.211. The monoisotopic (exact) mass is 336 g/mol. The third kappa shape index (κ3) is 3.34. The molecule has 0 bridgehead atoms. The first-order valence-corrected chi connectivity index (χ1v) is 8.18. The van der Waals surface area contributed by atoms with Crippen molar-refractivity contribution in [3.8, 4) is 11.4 Å². The van der Waals surface area contributed by atoms with Gasteiger partial charge in [-0.3, -0.25) is 14.7 Å². The average Bonchev–Trinajstić information content (AvgIpc) is 2.63. The molecule has 0 aliphatic carbocycles. The summed E-state index contributed by atoms with van der Waals surface area (Å²) in [6.07, 6.45) is 4.05. The number of rotatable bonds is 3. The molecule has 25 heavy (non-hydrogen) atoms. The summed E-state index contributed by atoms with van der Waals surface area (Å²) in [5, 5.41) is 0. The highest BCUT2D eigenvalue weighted by molar-refractivity contribution is 5.54. The largest absolute Gasteiger partial charge is 0.306 e. The topological polar surface area (TPSA) is 61.9 Å². The van der Waals surface area contributed by atoms with Crippen molar-refractivity contribution in [3.05, 3.63) is 81.8 Å². The summed E-state index contributed by atoms with van der Waals surface area (Å²) in [5.41, 5.74) is 3.17. The second-order valence-corrected chi connectivity index (χ2v) is 6.17. The van der Waals surface area contributed by atoms with Gasteiger partial charge >= 0.3 is 0 Å². The van der Waals surface area contributed by atoms with Gasteiger partial charge in [0.2, 0.25) is 0 Å². The van der Waals surface area contributed by atoms with Gasteiger partial charge in [0, 0.05) is 44.0 Å². The highest BCUT2D eigenvalue weighted by atomic mass is 19.1. The van der Waals surface area contributed by atoms with Crippen LogP contribution in [-0.2, 0) is 19.5 Å². The van der Waals surface area contributed by atoms with Gasteiger partial charge in [-0.2, -0.15) is 0 Å². The zero-order valence-electron chi connectivity index (χ0n) is 13.6. The Balaban J connectivity index is 1.58. The summed E-state index contributed by atoms with van der Waals surface area (Å²) >= 11 is 0. The Kier molecular flexibility index (Phi) is 4.11. The van der Waals surface area contributed by atoms with Crippen molar-refractivity contribution in [2.75, 3.05) is 6.54 Å². The zero-order valence-corrected chi connectivity index (χ0v) is 13.6. The lowest BCUT2D eigenvalue weighted by Crippen LogP contribution is -2.35. The van der Waals surface area contributed by atoms with Crippen molar-refractivity contribution in [1.29, 1.82) is 0 Å². The number of benzene rings is 1. The number of nitrogens with zero attached hydrogens (tertiary/aromatic N) is 3. The molecule has 126 valence electrons. The summed E-state index contributed by atoms with van der Waals surface area (Å²) < 4.78 is 13.3. The van der Waals surface area contributed by atoms with Crippen LogP contribution in [0.4, 0.5) is 4.39 Å². The summed E-state index contributed by atoms with van der Waals surface area (Å²) in [6.45, 7) is 1.92. The zero-order chi connectivity index (χ0) is 17.2. The first-order chi connectivity index (χ1) is 12.2. The van der Waals surface area contributed by atoms with Crippen molar-refractivity contribution in [2.45, 2.75) is 19.5 Å². The van der Waals surface area contributed by atoms with E-state index < -0.39 is 0 Å². The first-order valence-electron chi connectivity index (χ1n) is 8.18. The molecule has 1 aliphatic heterocycles. The van der Waals surface area contributed by atoms with E-state index in [0.29, 0.717) is 30.9 Å². The number of hydrogen-bond acceptors (Lipinski definition) is 4. The molecule has 0 amide bonds. The standard InChI is InChI=1S/C19H17FN4O/c20-15-3-1-2-13(10-15)11-24-9-6-17-16(12-24)19(25)23-18(22-17)14-4-7-21-8-5-14/h1-5,7-8,10H,6,9,11-12H2,(H,22,23,25). The third-order valence-corrected chi connectivity index (χ3v) is 4.40. The minimum absolute atomic E-state index is 0.110. The van der Waals surface area contributed by atoms with E-state index in [1.165, 1.54) is 12.1 Å². The number of aromatic nitrogens is 3. The molecule has 6 heteroatoms. The van der Waals surface area contributed by atoms with E-state index >= 15 is 0 Å². The Labute approximate surface area is 144 Å². The average molecular weight is 336 g/mol. The number of halogens is 1. The molecular formula is C19H17FN4O. The van der Waals surface area contributed by atoms with Crippen molar-refractivity contribution in [1.82, 2.24) is 19.9 Å². The van der Waals surface area contributed by atoms with E-state index in [2.05, 4.69) is 19.9 Å². The number of H-pyrrole nitrogens is 1. The molecule has 3 heterocycles. The van der Waals surface area contributed by atoms with E-state index in [-0.39, 0.29) is 11.4 Å². The molecule has 5 nitrogen and oxygen atoms in total. The lowest BCUT2D eigenvalue weighted by molar-refractivity contribution is 0.241. The summed E-state index contributed by atoms with van der Waals surface area (Å²) in [7, 11) is 0. The van der Waals surface area contributed by atoms with Crippen molar-refractivity contribution >= 4 is 0 Å². The van der Waals surface area contributed by atoms with Gasteiger partial charge in [-0.05, 0) is 29.8 Å². The molecule has 0 fully saturated rings. The van der Waals surface area contributed by atoms with E-state index in [1.807, 2.05) is 18.2 Å². The summed E-state index contributed by atoms with van der Waals surface area (Å²) in [4.78, 5) is 26.1. The molecule has 1 aliphatic rings. The van der Waals surface area contributed by atoms with Gasteiger partial charge in [-0.15, -0.1) is 0 Å². The Morgan fingerprint density at radius 1 is 1.20 bits per heavy atom. The molecule has 3 aromatic rings. The van der Waals surface area contributed by atoms with Crippen LogP contribution in [0.5, 0.6) is 0 Å². The van der Waals surface area contributed by atoms with Gasteiger partial charge in [-0.25, -0.2) is 9.37 Å². The first kappa shape index (κ1) is 15.7. The quantitative estimate of drug-likeness (QED) is 0.798.